The highest BCUT2D eigenvalue weighted by molar-refractivity contribution is 7.99. The van der Waals surface area contributed by atoms with Crippen molar-refractivity contribution in [2.75, 3.05) is 11.1 Å². The Morgan fingerprint density at radius 2 is 1.84 bits per heavy atom. The summed E-state index contributed by atoms with van der Waals surface area (Å²) in [5, 5.41) is 12.1. The van der Waals surface area contributed by atoms with Crippen molar-refractivity contribution in [2.45, 2.75) is 11.7 Å². The van der Waals surface area contributed by atoms with Gasteiger partial charge in [-0.2, -0.15) is 0 Å². The molecule has 0 fully saturated rings. The largest absolute Gasteiger partial charge is 0.324 e. The molecule has 0 aliphatic heterocycles. The lowest BCUT2D eigenvalue weighted by Gasteiger charge is -2.11. The van der Waals surface area contributed by atoms with E-state index in [0.29, 0.717) is 23.2 Å². The van der Waals surface area contributed by atoms with Crippen molar-refractivity contribution in [1.82, 2.24) is 19.7 Å². The lowest BCUT2D eigenvalue weighted by Crippen LogP contribution is -2.15. The van der Waals surface area contributed by atoms with Gasteiger partial charge in [0.2, 0.25) is 5.91 Å². The SMILES string of the molecule is O=C(CSc1nnc(-c2ccncc2)n1Cc1ccccc1)Nc1ccc(F)cc1Cl. The fourth-order valence-electron chi connectivity index (χ4n) is 2.93. The van der Waals surface area contributed by atoms with Gasteiger partial charge in [-0.15, -0.1) is 10.2 Å². The summed E-state index contributed by atoms with van der Waals surface area (Å²) in [6.45, 7) is 0.555. The summed E-state index contributed by atoms with van der Waals surface area (Å²) in [6, 6.07) is 17.5. The van der Waals surface area contributed by atoms with Crippen LogP contribution in [0.2, 0.25) is 5.02 Å². The Morgan fingerprint density at radius 1 is 1.06 bits per heavy atom. The van der Waals surface area contributed by atoms with Crippen molar-refractivity contribution in [3.8, 4) is 11.4 Å². The number of benzene rings is 2. The van der Waals surface area contributed by atoms with Crippen molar-refractivity contribution in [2.24, 2.45) is 0 Å². The molecule has 1 N–H and O–H groups in total. The maximum Gasteiger partial charge on any atom is 0.234 e. The molecule has 9 heteroatoms. The average molecular weight is 454 g/mol. The smallest absolute Gasteiger partial charge is 0.234 e. The fraction of sp³-hybridized carbons (Fsp3) is 0.0909. The number of nitrogens with zero attached hydrogens (tertiary/aromatic N) is 4. The highest BCUT2D eigenvalue weighted by Crippen LogP contribution is 2.26. The molecule has 31 heavy (non-hydrogen) atoms. The summed E-state index contributed by atoms with van der Waals surface area (Å²) in [7, 11) is 0. The van der Waals surface area contributed by atoms with Gasteiger partial charge < -0.3 is 5.32 Å². The number of aromatic nitrogens is 4. The van der Waals surface area contributed by atoms with Gasteiger partial charge in [-0.25, -0.2) is 4.39 Å². The topological polar surface area (TPSA) is 72.7 Å². The minimum atomic E-state index is -0.463. The van der Waals surface area contributed by atoms with Gasteiger partial charge in [0, 0.05) is 18.0 Å². The zero-order valence-corrected chi connectivity index (χ0v) is 17.8. The summed E-state index contributed by atoms with van der Waals surface area (Å²) < 4.78 is 15.2. The number of hydrogen-bond acceptors (Lipinski definition) is 5. The van der Waals surface area contributed by atoms with Gasteiger partial charge in [0.1, 0.15) is 5.82 Å². The molecule has 0 bridgehead atoms. The number of nitrogens with one attached hydrogen (secondary N) is 1. The number of thioether (sulfide) groups is 1. The molecule has 0 spiro atoms. The molecule has 0 saturated carbocycles. The van der Waals surface area contributed by atoms with Crippen LogP contribution in [0.25, 0.3) is 11.4 Å². The molecule has 2 heterocycles. The number of anilines is 1. The molecule has 2 aromatic heterocycles. The number of hydrogen-bond donors (Lipinski definition) is 1. The van der Waals surface area contributed by atoms with Gasteiger partial charge in [0.05, 0.1) is 23.0 Å². The highest BCUT2D eigenvalue weighted by Gasteiger charge is 2.16. The van der Waals surface area contributed by atoms with Gasteiger partial charge in [-0.1, -0.05) is 53.7 Å². The van der Waals surface area contributed by atoms with E-state index in [1.54, 1.807) is 12.4 Å². The van der Waals surface area contributed by atoms with Crippen LogP contribution in [-0.4, -0.2) is 31.4 Å². The molecule has 0 aliphatic rings. The van der Waals surface area contributed by atoms with Gasteiger partial charge in [-0.3, -0.25) is 14.3 Å². The van der Waals surface area contributed by atoms with Crippen LogP contribution in [0.15, 0.2) is 78.2 Å². The number of halogens is 2. The van der Waals surface area contributed by atoms with Gasteiger partial charge >= 0.3 is 0 Å². The molecule has 2 aromatic carbocycles. The molecule has 4 rings (SSSR count). The predicted molar refractivity (Wildman–Crippen MR) is 120 cm³/mol. The normalized spacial score (nSPS) is 10.8. The zero-order chi connectivity index (χ0) is 21.6. The van der Waals surface area contributed by atoms with Crippen molar-refractivity contribution < 1.29 is 9.18 Å². The van der Waals surface area contributed by atoms with E-state index in [2.05, 4.69) is 20.5 Å². The Bertz CT molecular complexity index is 1190. The monoisotopic (exact) mass is 453 g/mol. The second-order valence-electron chi connectivity index (χ2n) is 6.57. The summed E-state index contributed by atoms with van der Waals surface area (Å²) in [5.74, 6) is 0.0424. The lowest BCUT2D eigenvalue weighted by atomic mass is 10.2. The minimum Gasteiger partial charge on any atom is -0.324 e. The molecule has 0 aliphatic carbocycles. The predicted octanol–water partition coefficient (Wildman–Crippen LogP) is 4.91. The molecule has 6 nitrogen and oxygen atoms in total. The van der Waals surface area contributed by atoms with Crippen LogP contribution in [-0.2, 0) is 11.3 Å². The maximum atomic E-state index is 13.2. The maximum absolute atomic E-state index is 13.2. The molecular formula is C22H17ClFN5OS. The Hall–Kier alpha value is -3.23. The summed E-state index contributed by atoms with van der Waals surface area (Å²) >= 11 is 7.25. The summed E-state index contributed by atoms with van der Waals surface area (Å²) in [5.41, 5.74) is 2.33. The average Bonchev–Trinajstić information content (AvgIpc) is 3.18. The number of rotatable bonds is 7. The quantitative estimate of drug-likeness (QED) is 0.402. The van der Waals surface area contributed by atoms with Crippen LogP contribution in [0.1, 0.15) is 5.56 Å². The molecule has 4 aromatic rings. The molecular weight excluding hydrogens is 437 g/mol. The van der Waals surface area contributed by atoms with Crippen LogP contribution >= 0.6 is 23.4 Å². The van der Waals surface area contributed by atoms with E-state index in [4.69, 9.17) is 11.6 Å². The van der Waals surface area contributed by atoms with E-state index in [9.17, 15) is 9.18 Å². The fourth-order valence-corrected chi connectivity index (χ4v) is 3.88. The minimum absolute atomic E-state index is 0.0942. The number of amides is 1. The first-order valence-corrected chi connectivity index (χ1v) is 10.7. The highest BCUT2D eigenvalue weighted by atomic mass is 35.5. The van der Waals surface area contributed by atoms with Crippen LogP contribution in [0, 0.1) is 5.82 Å². The van der Waals surface area contributed by atoms with Crippen molar-refractivity contribution >= 4 is 35.0 Å². The lowest BCUT2D eigenvalue weighted by molar-refractivity contribution is -0.113. The van der Waals surface area contributed by atoms with Crippen LogP contribution in [0.3, 0.4) is 0 Å². The first-order valence-electron chi connectivity index (χ1n) is 9.35. The third-order valence-electron chi connectivity index (χ3n) is 4.38. The zero-order valence-electron chi connectivity index (χ0n) is 16.2. The number of carbonyl (C=O) groups is 1. The third-order valence-corrected chi connectivity index (χ3v) is 5.66. The van der Waals surface area contributed by atoms with E-state index in [1.807, 2.05) is 47.0 Å². The van der Waals surface area contributed by atoms with E-state index >= 15 is 0 Å². The molecule has 0 saturated heterocycles. The molecule has 0 atom stereocenters. The number of carbonyl (C=O) groups excluding carboxylic acids is 1. The Kier molecular flexibility index (Phi) is 6.59. The van der Waals surface area contributed by atoms with E-state index in [0.717, 1.165) is 17.2 Å². The van der Waals surface area contributed by atoms with E-state index in [-0.39, 0.29) is 16.7 Å². The Balaban J connectivity index is 1.53. The molecule has 1 amide bonds. The standard InChI is InChI=1S/C22H17ClFN5OS/c23-18-12-17(24)6-7-19(18)26-20(30)14-31-22-28-27-21(16-8-10-25-11-9-16)29(22)13-15-4-2-1-3-5-15/h1-12H,13-14H2,(H,26,30). The van der Waals surface area contributed by atoms with Crippen molar-refractivity contribution in [3.63, 3.8) is 0 Å². The van der Waals surface area contributed by atoms with Gasteiger partial charge in [0.25, 0.3) is 0 Å². The van der Waals surface area contributed by atoms with E-state index < -0.39 is 5.82 Å². The van der Waals surface area contributed by atoms with Crippen LogP contribution < -0.4 is 5.32 Å². The molecule has 0 radical (unpaired) electrons. The first-order chi connectivity index (χ1) is 15.1. The van der Waals surface area contributed by atoms with Crippen molar-refractivity contribution in [3.05, 3.63) is 89.5 Å². The van der Waals surface area contributed by atoms with Crippen LogP contribution in [0.5, 0.6) is 0 Å². The second-order valence-corrected chi connectivity index (χ2v) is 7.92. The van der Waals surface area contributed by atoms with Crippen molar-refractivity contribution in [1.29, 1.82) is 0 Å². The second kappa shape index (κ2) is 9.72. The Labute approximate surface area is 187 Å². The van der Waals surface area contributed by atoms with Crippen LogP contribution in [0.4, 0.5) is 10.1 Å². The van der Waals surface area contributed by atoms with Gasteiger partial charge in [0.15, 0.2) is 11.0 Å². The first kappa shape index (κ1) is 21.0. The molecule has 156 valence electrons. The summed E-state index contributed by atoms with van der Waals surface area (Å²) in [4.78, 5) is 16.5. The van der Waals surface area contributed by atoms with Gasteiger partial charge in [-0.05, 0) is 35.9 Å². The number of pyridine rings is 1. The summed E-state index contributed by atoms with van der Waals surface area (Å²) in [6.07, 6.45) is 3.40. The van der Waals surface area contributed by atoms with E-state index in [1.165, 1.54) is 23.9 Å². The third kappa shape index (κ3) is 5.28. The molecule has 0 unspecified atom stereocenters. The Morgan fingerprint density at radius 3 is 2.58 bits per heavy atom.